The molecule has 1 aromatic carbocycles. The number of esters is 1. The minimum atomic E-state index is -0.380. The summed E-state index contributed by atoms with van der Waals surface area (Å²) >= 11 is 0. The van der Waals surface area contributed by atoms with E-state index in [4.69, 9.17) is 4.42 Å². The van der Waals surface area contributed by atoms with Crippen molar-refractivity contribution in [2.75, 3.05) is 26.7 Å². The zero-order chi connectivity index (χ0) is 19.8. The molecular formula is C22H26N2O4. The van der Waals surface area contributed by atoms with E-state index in [0.29, 0.717) is 12.1 Å². The molecule has 1 unspecified atom stereocenters. The smallest absolute Gasteiger partial charge is 0.337 e. The van der Waals surface area contributed by atoms with E-state index in [9.17, 15) is 9.59 Å². The molecule has 1 aromatic heterocycles. The molecule has 0 saturated carbocycles. The number of hydrogen-bond acceptors (Lipinski definition) is 5. The highest BCUT2D eigenvalue weighted by Gasteiger charge is 2.24. The summed E-state index contributed by atoms with van der Waals surface area (Å²) in [6.07, 6.45) is 8.50. The fourth-order valence-electron chi connectivity index (χ4n) is 3.40. The lowest BCUT2D eigenvalue weighted by Crippen LogP contribution is -2.40. The Morgan fingerprint density at radius 2 is 1.93 bits per heavy atom. The molecule has 2 heterocycles. The van der Waals surface area contributed by atoms with Crippen molar-refractivity contribution in [2.24, 2.45) is 0 Å². The van der Waals surface area contributed by atoms with Gasteiger partial charge in [-0.2, -0.15) is 0 Å². The quantitative estimate of drug-likeness (QED) is 0.587. The van der Waals surface area contributed by atoms with Gasteiger partial charge in [-0.15, -0.1) is 0 Å². The Morgan fingerprint density at radius 1 is 1.18 bits per heavy atom. The third-order valence-electron chi connectivity index (χ3n) is 4.93. The van der Waals surface area contributed by atoms with Gasteiger partial charge in [-0.05, 0) is 61.8 Å². The third-order valence-corrected chi connectivity index (χ3v) is 4.93. The number of nitrogens with one attached hydrogen (secondary N) is 1. The van der Waals surface area contributed by atoms with Gasteiger partial charge < -0.3 is 14.5 Å². The number of ether oxygens (including phenoxy) is 1. The highest BCUT2D eigenvalue weighted by molar-refractivity contribution is 5.92. The van der Waals surface area contributed by atoms with E-state index in [-0.39, 0.29) is 17.9 Å². The summed E-state index contributed by atoms with van der Waals surface area (Å²) in [4.78, 5) is 26.1. The SMILES string of the molecule is COC(=O)c1ccc(/C=C/C(=O)NCC(c2ccco2)N2CCCCC2)cc1. The van der Waals surface area contributed by atoms with Crippen LogP contribution in [0.5, 0.6) is 0 Å². The van der Waals surface area contributed by atoms with E-state index >= 15 is 0 Å². The number of methoxy groups -OCH3 is 1. The average Bonchev–Trinajstić information content (AvgIpc) is 3.27. The molecule has 1 N–H and O–H groups in total. The maximum atomic E-state index is 12.3. The van der Waals surface area contributed by atoms with Crippen LogP contribution >= 0.6 is 0 Å². The van der Waals surface area contributed by atoms with Gasteiger partial charge in [0.2, 0.25) is 5.91 Å². The Kier molecular flexibility index (Phi) is 7.03. The summed E-state index contributed by atoms with van der Waals surface area (Å²) in [6.45, 7) is 2.53. The Bertz CT molecular complexity index is 790. The number of likely N-dealkylation sites (tertiary alicyclic amines) is 1. The van der Waals surface area contributed by atoms with Crippen LogP contribution < -0.4 is 5.32 Å². The normalized spacial score (nSPS) is 16.0. The molecule has 3 rings (SSSR count). The lowest BCUT2D eigenvalue weighted by molar-refractivity contribution is -0.116. The average molecular weight is 382 g/mol. The van der Waals surface area contributed by atoms with Gasteiger partial charge in [0.05, 0.1) is 25.0 Å². The molecule has 1 aliphatic heterocycles. The van der Waals surface area contributed by atoms with Gasteiger partial charge >= 0.3 is 5.97 Å². The topological polar surface area (TPSA) is 71.8 Å². The molecule has 1 amide bonds. The Hall–Kier alpha value is -2.86. The van der Waals surface area contributed by atoms with Crippen LogP contribution in [-0.4, -0.2) is 43.5 Å². The Balaban J connectivity index is 1.57. The summed E-state index contributed by atoms with van der Waals surface area (Å²) in [5, 5.41) is 2.98. The van der Waals surface area contributed by atoms with Gasteiger partial charge in [0.15, 0.2) is 0 Å². The fourth-order valence-corrected chi connectivity index (χ4v) is 3.40. The van der Waals surface area contributed by atoms with E-state index in [1.54, 1.807) is 36.6 Å². The van der Waals surface area contributed by atoms with Crippen molar-refractivity contribution in [3.63, 3.8) is 0 Å². The highest BCUT2D eigenvalue weighted by Crippen LogP contribution is 2.24. The molecule has 1 atom stereocenters. The number of benzene rings is 1. The molecule has 0 bridgehead atoms. The van der Waals surface area contributed by atoms with E-state index < -0.39 is 0 Å². The van der Waals surface area contributed by atoms with Crippen LogP contribution in [0.4, 0.5) is 0 Å². The molecule has 0 aliphatic carbocycles. The number of hydrogen-bond donors (Lipinski definition) is 1. The van der Waals surface area contributed by atoms with Crippen molar-refractivity contribution in [1.82, 2.24) is 10.2 Å². The predicted molar refractivity (Wildman–Crippen MR) is 107 cm³/mol. The summed E-state index contributed by atoms with van der Waals surface area (Å²) in [5.74, 6) is 0.338. The van der Waals surface area contributed by atoms with Crippen LogP contribution in [0.2, 0.25) is 0 Å². The molecule has 28 heavy (non-hydrogen) atoms. The first-order valence-corrected chi connectivity index (χ1v) is 9.59. The van der Waals surface area contributed by atoms with Crippen LogP contribution in [0.15, 0.2) is 53.2 Å². The van der Waals surface area contributed by atoms with Gasteiger partial charge in [0.25, 0.3) is 0 Å². The fraction of sp³-hybridized carbons (Fsp3) is 0.364. The third kappa shape index (κ3) is 5.33. The second kappa shape index (κ2) is 9.90. The number of carbonyl (C=O) groups is 2. The standard InChI is InChI=1S/C22H26N2O4/c1-27-22(26)18-10-7-17(8-11-18)9-12-21(25)23-16-19(20-6-5-15-28-20)24-13-3-2-4-14-24/h5-12,15,19H,2-4,13-14,16H2,1H3,(H,23,25)/b12-9+. The predicted octanol–water partition coefficient (Wildman–Crippen LogP) is 3.42. The zero-order valence-corrected chi connectivity index (χ0v) is 16.1. The Morgan fingerprint density at radius 3 is 2.57 bits per heavy atom. The first-order chi connectivity index (χ1) is 13.7. The molecule has 1 fully saturated rings. The molecule has 1 aliphatic rings. The number of carbonyl (C=O) groups excluding carboxylic acids is 2. The molecule has 0 spiro atoms. The summed E-state index contributed by atoms with van der Waals surface area (Å²) < 4.78 is 10.3. The summed E-state index contributed by atoms with van der Waals surface area (Å²) in [7, 11) is 1.35. The molecular weight excluding hydrogens is 356 g/mol. The van der Waals surface area contributed by atoms with E-state index in [1.165, 1.54) is 32.4 Å². The maximum Gasteiger partial charge on any atom is 0.337 e. The minimum Gasteiger partial charge on any atom is -0.468 e. The van der Waals surface area contributed by atoms with Crippen molar-refractivity contribution < 1.29 is 18.7 Å². The summed E-state index contributed by atoms with van der Waals surface area (Å²) in [5.41, 5.74) is 1.31. The Labute approximate surface area is 165 Å². The highest BCUT2D eigenvalue weighted by atomic mass is 16.5. The largest absolute Gasteiger partial charge is 0.468 e. The van der Waals surface area contributed by atoms with E-state index in [1.807, 2.05) is 12.1 Å². The van der Waals surface area contributed by atoms with Crippen molar-refractivity contribution in [3.05, 3.63) is 65.6 Å². The number of amides is 1. The van der Waals surface area contributed by atoms with Gasteiger partial charge in [0.1, 0.15) is 5.76 Å². The molecule has 0 radical (unpaired) electrons. The van der Waals surface area contributed by atoms with E-state index in [0.717, 1.165) is 24.4 Å². The number of rotatable bonds is 7. The van der Waals surface area contributed by atoms with Crippen LogP contribution in [0, 0.1) is 0 Å². The molecule has 1 saturated heterocycles. The number of furan rings is 1. The van der Waals surface area contributed by atoms with Crippen molar-refractivity contribution >= 4 is 18.0 Å². The lowest BCUT2D eigenvalue weighted by atomic mass is 10.1. The van der Waals surface area contributed by atoms with Gasteiger partial charge in [-0.1, -0.05) is 18.6 Å². The lowest BCUT2D eigenvalue weighted by Gasteiger charge is -2.33. The van der Waals surface area contributed by atoms with Gasteiger partial charge in [-0.3, -0.25) is 9.69 Å². The van der Waals surface area contributed by atoms with Crippen LogP contribution in [-0.2, 0) is 9.53 Å². The molecule has 6 nitrogen and oxygen atoms in total. The zero-order valence-electron chi connectivity index (χ0n) is 16.1. The number of nitrogens with zero attached hydrogens (tertiary/aromatic N) is 1. The van der Waals surface area contributed by atoms with Crippen molar-refractivity contribution in [1.29, 1.82) is 0 Å². The van der Waals surface area contributed by atoms with Crippen molar-refractivity contribution in [2.45, 2.75) is 25.3 Å². The molecule has 6 heteroatoms. The molecule has 2 aromatic rings. The summed E-state index contributed by atoms with van der Waals surface area (Å²) in [6, 6.07) is 10.8. The van der Waals surface area contributed by atoms with E-state index in [2.05, 4.69) is 15.0 Å². The van der Waals surface area contributed by atoms with Crippen LogP contribution in [0.3, 0.4) is 0 Å². The second-order valence-electron chi connectivity index (χ2n) is 6.82. The number of piperidine rings is 1. The van der Waals surface area contributed by atoms with Crippen molar-refractivity contribution in [3.8, 4) is 0 Å². The molecule has 148 valence electrons. The van der Waals surface area contributed by atoms with Crippen LogP contribution in [0.25, 0.3) is 6.08 Å². The monoisotopic (exact) mass is 382 g/mol. The minimum absolute atomic E-state index is 0.0481. The first-order valence-electron chi connectivity index (χ1n) is 9.59. The van der Waals surface area contributed by atoms with Crippen LogP contribution in [0.1, 0.15) is 47.0 Å². The maximum absolute atomic E-state index is 12.3. The first kappa shape index (κ1) is 19.9. The second-order valence-corrected chi connectivity index (χ2v) is 6.82. The van der Waals surface area contributed by atoms with Gasteiger partial charge in [-0.25, -0.2) is 4.79 Å². The van der Waals surface area contributed by atoms with Gasteiger partial charge in [0, 0.05) is 12.6 Å².